The molecule has 2 amide bonds. The van der Waals surface area contributed by atoms with Crippen LogP contribution in [0.15, 0.2) is 72.8 Å². The summed E-state index contributed by atoms with van der Waals surface area (Å²) in [6.45, 7) is 1.52. The minimum Gasteiger partial charge on any atom is -0.352 e. The number of rotatable bonds is 11. The van der Waals surface area contributed by atoms with Gasteiger partial charge in [-0.05, 0) is 48.6 Å². The number of halogens is 2. The Bertz CT molecular complexity index is 1490. The summed E-state index contributed by atoms with van der Waals surface area (Å²) in [5, 5.41) is 3.40. The van der Waals surface area contributed by atoms with Gasteiger partial charge in [0.25, 0.3) is 0 Å². The lowest BCUT2D eigenvalue weighted by molar-refractivity contribution is -0.140. The van der Waals surface area contributed by atoms with Gasteiger partial charge in [-0.2, -0.15) is 0 Å². The maximum absolute atomic E-state index is 14.3. The van der Waals surface area contributed by atoms with E-state index in [0.717, 1.165) is 59.4 Å². The quantitative estimate of drug-likeness (QED) is 0.275. The summed E-state index contributed by atoms with van der Waals surface area (Å²) in [6, 6.07) is 21.0. The van der Waals surface area contributed by atoms with Gasteiger partial charge >= 0.3 is 0 Å². The first kappa shape index (κ1) is 31.9. The molecule has 3 aromatic rings. The summed E-state index contributed by atoms with van der Waals surface area (Å²) in [6.07, 6.45) is 6.31. The number of hydrogen-bond acceptors (Lipinski definition) is 4. The molecule has 1 atom stereocenters. The first-order valence-electron chi connectivity index (χ1n) is 14.1. The van der Waals surface area contributed by atoms with E-state index in [0.29, 0.717) is 0 Å². The molecule has 224 valence electrons. The van der Waals surface area contributed by atoms with Crippen molar-refractivity contribution in [3.63, 3.8) is 0 Å². The van der Waals surface area contributed by atoms with E-state index in [2.05, 4.69) is 5.32 Å². The number of benzene rings is 3. The topological polar surface area (TPSA) is 86.8 Å². The fraction of sp³-hybridized carbons (Fsp3) is 0.375. The van der Waals surface area contributed by atoms with Crippen LogP contribution in [0.3, 0.4) is 0 Å². The lowest BCUT2D eigenvalue weighted by Gasteiger charge is -2.35. The molecule has 1 aliphatic carbocycles. The van der Waals surface area contributed by atoms with E-state index in [-0.39, 0.29) is 40.6 Å². The highest BCUT2D eigenvalue weighted by Gasteiger charge is 2.34. The van der Waals surface area contributed by atoms with Gasteiger partial charge < -0.3 is 10.2 Å². The van der Waals surface area contributed by atoms with Gasteiger partial charge in [-0.3, -0.25) is 13.9 Å². The van der Waals surface area contributed by atoms with Crippen molar-refractivity contribution in [3.05, 3.63) is 99.5 Å². The van der Waals surface area contributed by atoms with Crippen LogP contribution in [0.5, 0.6) is 0 Å². The second kappa shape index (κ2) is 14.4. The van der Waals surface area contributed by atoms with Crippen molar-refractivity contribution in [3.8, 4) is 0 Å². The number of sulfonamides is 1. The summed E-state index contributed by atoms with van der Waals surface area (Å²) in [5.74, 6) is -0.779. The molecule has 0 bridgehead atoms. The molecule has 0 spiro atoms. The van der Waals surface area contributed by atoms with E-state index in [1.54, 1.807) is 12.1 Å². The van der Waals surface area contributed by atoms with E-state index < -0.39 is 28.5 Å². The summed E-state index contributed by atoms with van der Waals surface area (Å²) >= 11 is 12.6. The van der Waals surface area contributed by atoms with E-state index in [1.165, 1.54) is 11.0 Å². The molecule has 42 heavy (non-hydrogen) atoms. The maximum atomic E-state index is 14.3. The maximum Gasteiger partial charge on any atom is 0.244 e. The number of nitrogens with zero attached hydrogens (tertiary/aromatic N) is 2. The highest BCUT2D eigenvalue weighted by molar-refractivity contribution is 7.92. The molecule has 0 heterocycles. The van der Waals surface area contributed by atoms with Gasteiger partial charge in [0, 0.05) is 19.0 Å². The fourth-order valence-corrected chi connectivity index (χ4v) is 6.65. The average Bonchev–Trinajstić information content (AvgIpc) is 2.96. The second-order valence-corrected chi connectivity index (χ2v) is 13.5. The summed E-state index contributed by atoms with van der Waals surface area (Å²) in [7, 11) is -3.95. The summed E-state index contributed by atoms with van der Waals surface area (Å²) in [4.78, 5) is 29.8. The minimum atomic E-state index is -3.95. The first-order valence-corrected chi connectivity index (χ1v) is 16.7. The predicted octanol–water partition coefficient (Wildman–Crippen LogP) is 6.16. The van der Waals surface area contributed by atoms with Crippen LogP contribution in [0.4, 0.5) is 5.69 Å². The van der Waals surface area contributed by atoms with E-state index >= 15 is 0 Å². The number of aryl methyl sites for hydroxylation is 1. The van der Waals surface area contributed by atoms with Gasteiger partial charge in [-0.15, -0.1) is 0 Å². The van der Waals surface area contributed by atoms with Crippen LogP contribution in [0, 0.1) is 6.92 Å². The highest BCUT2D eigenvalue weighted by Crippen LogP contribution is 2.34. The van der Waals surface area contributed by atoms with Crippen molar-refractivity contribution in [1.82, 2.24) is 10.2 Å². The van der Waals surface area contributed by atoms with Crippen molar-refractivity contribution in [1.29, 1.82) is 0 Å². The van der Waals surface area contributed by atoms with Crippen LogP contribution >= 0.6 is 23.2 Å². The van der Waals surface area contributed by atoms with Crippen molar-refractivity contribution < 1.29 is 18.0 Å². The van der Waals surface area contributed by atoms with Crippen LogP contribution < -0.4 is 9.62 Å². The molecule has 0 unspecified atom stereocenters. The molecule has 10 heteroatoms. The Morgan fingerprint density at radius 2 is 1.60 bits per heavy atom. The lowest BCUT2D eigenvalue weighted by Crippen LogP contribution is -2.55. The number of nitrogens with one attached hydrogen (secondary N) is 1. The highest BCUT2D eigenvalue weighted by atomic mass is 35.5. The number of carbonyl (C=O) groups excluding carboxylic acids is 2. The zero-order valence-electron chi connectivity index (χ0n) is 23.9. The number of carbonyl (C=O) groups is 2. The van der Waals surface area contributed by atoms with Gasteiger partial charge in [0.2, 0.25) is 21.8 Å². The normalized spacial score (nSPS) is 14.7. The van der Waals surface area contributed by atoms with Gasteiger partial charge in [0.05, 0.1) is 22.0 Å². The van der Waals surface area contributed by atoms with E-state index in [1.807, 2.05) is 61.5 Å². The molecule has 1 saturated carbocycles. The van der Waals surface area contributed by atoms with Crippen molar-refractivity contribution in [2.45, 2.75) is 64.1 Å². The Morgan fingerprint density at radius 1 is 0.929 bits per heavy atom. The van der Waals surface area contributed by atoms with Crippen LogP contribution in [0.1, 0.15) is 48.8 Å². The summed E-state index contributed by atoms with van der Waals surface area (Å²) in [5.41, 5.74) is 2.81. The number of anilines is 1. The van der Waals surface area contributed by atoms with Crippen LogP contribution in [-0.4, -0.2) is 50.0 Å². The van der Waals surface area contributed by atoms with Crippen LogP contribution in [-0.2, 0) is 32.6 Å². The molecule has 3 aromatic carbocycles. The molecular weight excluding hydrogens is 593 g/mol. The van der Waals surface area contributed by atoms with Crippen molar-refractivity contribution in [2.75, 3.05) is 17.1 Å². The largest absolute Gasteiger partial charge is 0.352 e. The second-order valence-electron chi connectivity index (χ2n) is 10.8. The molecule has 7 nitrogen and oxygen atoms in total. The minimum absolute atomic E-state index is 0.0266. The monoisotopic (exact) mass is 629 g/mol. The molecule has 0 saturated heterocycles. The van der Waals surface area contributed by atoms with Gasteiger partial charge in [-0.25, -0.2) is 8.42 Å². The van der Waals surface area contributed by atoms with E-state index in [9.17, 15) is 18.0 Å². The first-order chi connectivity index (χ1) is 20.0. The van der Waals surface area contributed by atoms with Crippen molar-refractivity contribution in [2.24, 2.45) is 0 Å². The van der Waals surface area contributed by atoms with Crippen LogP contribution in [0.25, 0.3) is 0 Å². The molecule has 1 aliphatic rings. The Morgan fingerprint density at radius 3 is 2.26 bits per heavy atom. The standard InChI is InChI=1S/C32H37Cl2N3O4S/c1-23-12-9-10-15-25(23)21-36(30(38)22-37(42(2,40)41)28-19-11-18-27(33)31(28)34)29(20-24-13-5-3-6-14-24)32(39)35-26-16-7-4-8-17-26/h3,5-6,9-15,18-19,26,29H,4,7-8,16-17,20-22H2,1-2H3,(H,35,39)/t29-/m1/s1. The summed E-state index contributed by atoms with van der Waals surface area (Å²) < 4.78 is 26.9. The number of hydrogen-bond donors (Lipinski definition) is 1. The molecule has 0 aromatic heterocycles. The van der Waals surface area contributed by atoms with Gasteiger partial charge in [-0.1, -0.05) is 103 Å². The van der Waals surface area contributed by atoms with Crippen molar-refractivity contribution >= 4 is 50.7 Å². The Kier molecular flexibility index (Phi) is 10.9. The zero-order valence-corrected chi connectivity index (χ0v) is 26.3. The molecule has 0 radical (unpaired) electrons. The smallest absolute Gasteiger partial charge is 0.244 e. The SMILES string of the molecule is Cc1ccccc1CN(C(=O)CN(c1cccc(Cl)c1Cl)S(C)(=O)=O)[C@H](Cc1ccccc1)C(=O)NC1CCCCC1. The van der Waals surface area contributed by atoms with Gasteiger partial charge in [0.1, 0.15) is 12.6 Å². The van der Waals surface area contributed by atoms with Gasteiger partial charge in [0.15, 0.2) is 0 Å². The molecule has 0 aliphatic heterocycles. The Labute approximate surface area is 258 Å². The fourth-order valence-electron chi connectivity index (χ4n) is 5.35. The lowest BCUT2D eigenvalue weighted by atomic mass is 9.94. The third-order valence-corrected chi connectivity index (χ3v) is 9.64. The van der Waals surface area contributed by atoms with Crippen LogP contribution in [0.2, 0.25) is 10.0 Å². The number of amides is 2. The molecule has 1 N–H and O–H groups in total. The Hall–Kier alpha value is -3.07. The Balaban J connectivity index is 1.75. The van der Waals surface area contributed by atoms with E-state index in [4.69, 9.17) is 23.2 Å². The third-order valence-electron chi connectivity index (χ3n) is 7.70. The molecule has 4 rings (SSSR count). The average molecular weight is 631 g/mol. The molecular formula is C32H37Cl2N3O4S. The zero-order chi connectivity index (χ0) is 30.3. The molecule has 1 fully saturated rings. The predicted molar refractivity (Wildman–Crippen MR) is 169 cm³/mol. The third kappa shape index (κ3) is 8.27.